The highest BCUT2D eigenvalue weighted by atomic mass is 16.6. The van der Waals surface area contributed by atoms with Crippen molar-refractivity contribution in [3.63, 3.8) is 0 Å². The van der Waals surface area contributed by atoms with Crippen LogP contribution in [0.2, 0.25) is 0 Å². The third kappa shape index (κ3) is 5.66. The fourth-order valence-electron chi connectivity index (χ4n) is 3.00. The first-order chi connectivity index (χ1) is 15.8. The van der Waals surface area contributed by atoms with Crippen molar-refractivity contribution in [2.45, 2.75) is 6.10 Å². The first-order valence-electron chi connectivity index (χ1n) is 9.60. The molecule has 2 aromatic carbocycles. The van der Waals surface area contributed by atoms with Crippen LogP contribution in [0.15, 0.2) is 24.3 Å². The van der Waals surface area contributed by atoms with E-state index in [9.17, 15) is 20.0 Å². The van der Waals surface area contributed by atoms with Crippen LogP contribution in [0.4, 0.5) is 5.69 Å². The van der Waals surface area contributed by atoms with E-state index in [2.05, 4.69) is 5.32 Å². The molecule has 180 valence electrons. The van der Waals surface area contributed by atoms with Gasteiger partial charge in [-0.3, -0.25) is 14.9 Å². The van der Waals surface area contributed by atoms with Gasteiger partial charge < -0.3 is 38.8 Å². The van der Waals surface area contributed by atoms with E-state index in [1.165, 1.54) is 35.5 Å². The van der Waals surface area contributed by atoms with Gasteiger partial charge in [0.05, 0.1) is 40.5 Å². The van der Waals surface area contributed by atoms with Gasteiger partial charge in [0.15, 0.2) is 17.2 Å². The zero-order valence-electron chi connectivity index (χ0n) is 18.9. The molecule has 1 unspecified atom stereocenters. The number of para-hydroxylation sites is 1. The van der Waals surface area contributed by atoms with Crippen molar-refractivity contribution in [1.82, 2.24) is 5.32 Å². The Kier molecular flexibility index (Phi) is 8.92. The number of benzene rings is 2. The summed E-state index contributed by atoms with van der Waals surface area (Å²) in [6.45, 7) is -0.474. The molecule has 0 aromatic heterocycles. The van der Waals surface area contributed by atoms with Crippen LogP contribution < -0.4 is 33.7 Å². The molecule has 0 spiro atoms. The second kappa shape index (κ2) is 11.6. The molecule has 0 saturated carbocycles. The monoisotopic (exact) mass is 466 g/mol. The summed E-state index contributed by atoms with van der Waals surface area (Å²) in [6, 6.07) is 6.20. The standard InChI is InChI=1S/C21H26N2O10/c1-28-14-7-6-8-15(29-2)18(14)33-11-12(24)10-22-21(25)13-9-16(30-3)19(31-4)20(32-5)17(13)23(26)27/h6-9,12,24H,10-11H2,1-5H3,(H,22,25). The molecule has 0 bridgehead atoms. The summed E-state index contributed by atoms with van der Waals surface area (Å²) < 4.78 is 31.4. The molecular formula is C21H26N2O10. The largest absolute Gasteiger partial charge is 0.493 e. The maximum Gasteiger partial charge on any atom is 0.327 e. The lowest BCUT2D eigenvalue weighted by molar-refractivity contribution is -0.386. The molecule has 0 aliphatic heterocycles. The Morgan fingerprint density at radius 2 is 1.55 bits per heavy atom. The van der Waals surface area contributed by atoms with Gasteiger partial charge in [-0.1, -0.05) is 6.07 Å². The Morgan fingerprint density at radius 1 is 0.970 bits per heavy atom. The fourth-order valence-corrected chi connectivity index (χ4v) is 3.00. The minimum atomic E-state index is -1.15. The molecule has 0 fully saturated rings. The van der Waals surface area contributed by atoms with Crippen molar-refractivity contribution in [3.05, 3.63) is 39.9 Å². The summed E-state index contributed by atoms with van der Waals surface area (Å²) in [5.41, 5.74) is -0.925. The van der Waals surface area contributed by atoms with Gasteiger partial charge in [-0.15, -0.1) is 0 Å². The fraction of sp³-hybridized carbons (Fsp3) is 0.381. The van der Waals surface area contributed by atoms with Crippen LogP contribution in [0.1, 0.15) is 10.4 Å². The zero-order chi connectivity index (χ0) is 24.5. The minimum Gasteiger partial charge on any atom is -0.493 e. The van der Waals surface area contributed by atoms with Crippen LogP contribution in [0.25, 0.3) is 0 Å². The van der Waals surface area contributed by atoms with Gasteiger partial charge in [0.25, 0.3) is 5.91 Å². The molecule has 0 radical (unpaired) electrons. The molecule has 0 aliphatic rings. The summed E-state index contributed by atoms with van der Waals surface area (Å²) in [4.78, 5) is 23.6. The minimum absolute atomic E-state index is 0.0255. The Labute approximate surface area is 190 Å². The van der Waals surface area contributed by atoms with Gasteiger partial charge in [-0.05, 0) is 12.1 Å². The van der Waals surface area contributed by atoms with E-state index in [1.807, 2.05) is 0 Å². The number of hydrogen-bond donors (Lipinski definition) is 2. The number of aliphatic hydroxyl groups is 1. The molecule has 1 amide bonds. The van der Waals surface area contributed by atoms with Crippen molar-refractivity contribution in [2.75, 3.05) is 48.7 Å². The number of hydrogen-bond acceptors (Lipinski definition) is 10. The topological polar surface area (TPSA) is 148 Å². The van der Waals surface area contributed by atoms with Crippen molar-refractivity contribution in [3.8, 4) is 34.5 Å². The average Bonchev–Trinajstić information content (AvgIpc) is 2.83. The first-order valence-corrected chi connectivity index (χ1v) is 9.60. The first kappa shape index (κ1) is 25.3. The maximum atomic E-state index is 12.7. The predicted octanol–water partition coefficient (Wildman–Crippen LogP) is 1.81. The van der Waals surface area contributed by atoms with Crippen LogP contribution in [0, 0.1) is 10.1 Å². The lowest BCUT2D eigenvalue weighted by Gasteiger charge is -2.17. The number of nitro groups is 1. The second-order valence-corrected chi connectivity index (χ2v) is 6.47. The summed E-state index contributed by atoms with van der Waals surface area (Å²) >= 11 is 0. The average molecular weight is 466 g/mol. The van der Waals surface area contributed by atoms with Crippen LogP contribution >= 0.6 is 0 Å². The number of ether oxygens (including phenoxy) is 6. The third-order valence-electron chi connectivity index (χ3n) is 4.53. The van der Waals surface area contributed by atoms with Gasteiger partial charge in [0.1, 0.15) is 18.3 Å². The molecule has 0 aliphatic carbocycles. The van der Waals surface area contributed by atoms with E-state index in [1.54, 1.807) is 18.2 Å². The number of carbonyl (C=O) groups excluding carboxylic acids is 1. The highest BCUT2D eigenvalue weighted by molar-refractivity contribution is 6.00. The number of aliphatic hydroxyl groups excluding tert-OH is 1. The lowest BCUT2D eigenvalue weighted by atomic mass is 10.1. The van der Waals surface area contributed by atoms with Gasteiger partial charge in [0.2, 0.25) is 17.2 Å². The van der Waals surface area contributed by atoms with Crippen molar-refractivity contribution >= 4 is 11.6 Å². The highest BCUT2D eigenvalue weighted by Gasteiger charge is 2.32. The number of amides is 1. The van der Waals surface area contributed by atoms with E-state index in [4.69, 9.17) is 28.4 Å². The van der Waals surface area contributed by atoms with Crippen LogP contribution in [-0.2, 0) is 0 Å². The highest BCUT2D eigenvalue weighted by Crippen LogP contribution is 2.46. The number of nitrogens with zero attached hydrogens (tertiary/aromatic N) is 1. The van der Waals surface area contributed by atoms with Crippen LogP contribution in [0.3, 0.4) is 0 Å². The Morgan fingerprint density at radius 3 is 2.03 bits per heavy atom. The predicted molar refractivity (Wildman–Crippen MR) is 116 cm³/mol. The maximum absolute atomic E-state index is 12.7. The summed E-state index contributed by atoms with van der Waals surface area (Å²) in [5.74, 6) is 0.0409. The Balaban J connectivity index is 2.17. The Bertz CT molecular complexity index is 973. The van der Waals surface area contributed by atoms with Gasteiger partial charge in [0, 0.05) is 12.6 Å². The molecule has 1 atom stereocenters. The lowest BCUT2D eigenvalue weighted by Crippen LogP contribution is -2.35. The smallest absolute Gasteiger partial charge is 0.327 e. The van der Waals surface area contributed by atoms with Crippen molar-refractivity contribution in [1.29, 1.82) is 0 Å². The van der Waals surface area contributed by atoms with Gasteiger partial charge in [-0.25, -0.2) is 0 Å². The molecule has 0 saturated heterocycles. The summed E-state index contributed by atoms with van der Waals surface area (Å²) in [5, 5.41) is 24.4. The molecule has 12 nitrogen and oxygen atoms in total. The SMILES string of the molecule is COc1cccc(OC)c1OCC(O)CNC(=O)c1cc(OC)c(OC)c(OC)c1[N+](=O)[O-]. The quantitative estimate of drug-likeness (QED) is 0.350. The van der Waals surface area contributed by atoms with Crippen LogP contribution in [0.5, 0.6) is 34.5 Å². The van der Waals surface area contributed by atoms with E-state index < -0.39 is 22.6 Å². The number of nitro benzene ring substituents is 1. The number of nitrogens with one attached hydrogen (secondary N) is 1. The molecule has 2 aromatic rings. The second-order valence-electron chi connectivity index (χ2n) is 6.47. The normalized spacial score (nSPS) is 11.2. The van der Waals surface area contributed by atoms with Gasteiger partial charge in [-0.2, -0.15) is 0 Å². The number of rotatable bonds is 12. The molecule has 12 heteroatoms. The Hall–Kier alpha value is -3.93. The number of methoxy groups -OCH3 is 5. The molecule has 2 rings (SSSR count). The van der Waals surface area contributed by atoms with E-state index in [-0.39, 0.29) is 41.7 Å². The van der Waals surface area contributed by atoms with Gasteiger partial charge >= 0.3 is 5.69 Å². The molecule has 2 N–H and O–H groups in total. The van der Waals surface area contributed by atoms with E-state index in [0.717, 1.165) is 6.07 Å². The molecule has 0 heterocycles. The number of carbonyl (C=O) groups is 1. The molecule has 33 heavy (non-hydrogen) atoms. The van der Waals surface area contributed by atoms with E-state index in [0.29, 0.717) is 11.5 Å². The summed E-state index contributed by atoms with van der Waals surface area (Å²) in [6.07, 6.45) is -1.15. The van der Waals surface area contributed by atoms with Crippen molar-refractivity contribution < 1.29 is 43.2 Å². The van der Waals surface area contributed by atoms with Crippen LogP contribution in [-0.4, -0.2) is 70.7 Å². The zero-order valence-corrected chi connectivity index (χ0v) is 18.9. The summed E-state index contributed by atoms with van der Waals surface area (Å²) in [7, 11) is 6.74. The molecular weight excluding hydrogens is 440 g/mol. The third-order valence-corrected chi connectivity index (χ3v) is 4.53. The van der Waals surface area contributed by atoms with E-state index >= 15 is 0 Å². The van der Waals surface area contributed by atoms with Crippen molar-refractivity contribution in [2.24, 2.45) is 0 Å².